The van der Waals surface area contributed by atoms with Gasteiger partial charge in [-0.15, -0.1) is 0 Å². The Morgan fingerprint density at radius 2 is 1.59 bits per heavy atom. The van der Waals surface area contributed by atoms with E-state index in [1.165, 1.54) is 0 Å². The molecule has 3 aromatic carbocycles. The first-order valence-electron chi connectivity index (χ1n) is 10.9. The van der Waals surface area contributed by atoms with Crippen LogP contribution in [0.4, 0.5) is 0 Å². The Kier molecular flexibility index (Phi) is 6.85. The van der Waals surface area contributed by atoms with Crippen LogP contribution in [0.3, 0.4) is 0 Å². The Morgan fingerprint density at radius 3 is 2.22 bits per heavy atom. The maximum absolute atomic E-state index is 13.0. The van der Waals surface area contributed by atoms with Crippen molar-refractivity contribution in [3.05, 3.63) is 101 Å². The van der Waals surface area contributed by atoms with E-state index in [0.29, 0.717) is 12.2 Å². The Labute approximate surface area is 188 Å². The second-order valence-electron chi connectivity index (χ2n) is 8.21. The zero-order chi connectivity index (χ0) is 22.3. The lowest BCUT2D eigenvalue weighted by Gasteiger charge is -2.27. The van der Waals surface area contributed by atoms with Crippen LogP contribution in [0.2, 0.25) is 0 Å². The minimum atomic E-state index is -0.987. The first kappa shape index (κ1) is 21.6. The highest BCUT2D eigenvalue weighted by Gasteiger charge is 2.25. The molecule has 0 saturated heterocycles. The first-order valence-corrected chi connectivity index (χ1v) is 10.9. The number of hydrogen-bond donors (Lipinski definition) is 2. The molecule has 4 rings (SSSR count). The van der Waals surface area contributed by atoms with Crippen molar-refractivity contribution in [3.63, 3.8) is 0 Å². The molecule has 5 nitrogen and oxygen atoms in total. The van der Waals surface area contributed by atoms with Crippen molar-refractivity contribution in [1.29, 1.82) is 0 Å². The number of aliphatic carboxylic acids is 1. The van der Waals surface area contributed by atoms with Crippen LogP contribution in [0, 0.1) is 5.92 Å². The summed E-state index contributed by atoms with van der Waals surface area (Å²) in [4.78, 5) is 23.9. The minimum Gasteiger partial charge on any atom is -0.482 e. The molecule has 1 atom stereocenters. The van der Waals surface area contributed by atoms with Crippen molar-refractivity contribution < 1.29 is 19.4 Å². The van der Waals surface area contributed by atoms with Crippen LogP contribution in [0.5, 0.6) is 5.75 Å². The predicted octanol–water partition coefficient (Wildman–Crippen LogP) is 4.55. The summed E-state index contributed by atoms with van der Waals surface area (Å²) in [6, 6.07) is 25.6. The summed E-state index contributed by atoms with van der Waals surface area (Å²) in [5.41, 5.74) is 4.32. The molecule has 1 unspecified atom stereocenters. The summed E-state index contributed by atoms with van der Waals surface area (Å²) in [5.74, 6) is -0.0702. The number of carboxylic acid groups (broad SMARTS) is 1. The van der Waals surface area contributed by atoms with Gasteiger partial charge in [0.15, 0.2) is 6.61 Å². The van der Waals surface area contributed by atoms with E-state index < -0.39 is 5.97 Å². The van der Waals surface area contributed by atoms with Gasteiger partial charge in [0.1, 0.15) is 5.75 Å². The zero-order valence-electron chi connectivity index (χ0n) is 17.9. The predicted molar refractivity (Wildman–Crippen MR) is 123 cm³/mol. The maximum Gasteiger partial charge on any atom is 0.341 e. The van der Waals surface area contributed by atoms with Crippen LogP contribution in [-0.2, 0) is 22.4 Å². The van der Waals surface area contributed by atoms with Gasteiger partial charge in [-0.3, -0.25) is 4.79 Å². The molecular weight excluding hydrogens is 402 g/mol. The molecule has 0 spiro atoms. The van der Waals surface area contributed by atoms with Crippen LogP contribution in [0.1, 0.15) is 41.1 Å². The van der Waals surface area contributed by atoms with E-state index in [4.69, 9.17) is 9.84 Å². The Bertz CT molecular complexity index is 1030. The van der Waals surface area contributed by atoms with Crippen molar-refractivity contribution >= 4 is 11.9 Å². The molecule has 5 heteroatoms. The fourth-order valence-electron chi connectivity index (χ4n) is 4.43. The number of ether oxygens (including phenoxy) is 1. The third-order valence-corrected chi connectivity index (χ3v) is 5.94. The Morgan fingerprint density at radius 1 is 0.938 bits per heavy atom. The van der Waals surface area contributed by atoms with Gasteiger partial charge in [0, 0.05) is 6.42 Å². The third-order valence-electron chi connectivity index (χ3n) is 5.94. The third kappa shape index (κ3) is 5.35. The molecule has 0 saturated carbocycles. The summed E-state index contributed by atoms with van der Waals surface area (Å²) in [6.07, 6.45) is 2.89. The van der Waals surface area contributed by atoms with E-state index in [9.17, 15) is 9.59 Å². The van der Waals surface area contributed by atoms with E-state index in [1.807, 2.05) is 78.9 Å². The topological polar surface area (TPSA) is 75.6 Å². The van der Waals surface area contributed by atoms with Gasteiger partial charge < -0.3 is 15.2 Å². The highest BCUT2D eigenvalue weighted by molar-refractivity contribution is 5.77. The number of hydrogen-bond acceptors (Lipinski definition) is 3. The molecule has 0 fully saturated rings. The van der Waals surface area contributed by atoms with Crippen molar-refractivity contribution in [1.82, 2.24) is 5.32 Å². The largest absolute Gasteiger partial charge is 0.482 e. The van der Waals surface area contributed by atoms with Crippen LogP contribution in [-0.4, -0.2) is 23.6 Å². The van der Waals surface area contributed by atoms with Crippen LogP contribution >= 0.6 is 0 Å². The Hall–Kier alpha value is -3.60. The quantitative estimate of drug-likeness (QED) is 0.551. The monoisotopic (exact) mass is 429 g/mol. The number of benzene rings is 3. The van der Waals surface area contributed by atoms with Gasteiger partial charge in [0.05, 0.1) is 6.04 Å². The molecule has 1 aliphatic rings. The van der Waals surface area contributed by atoms with Crippen molar-refractivity contribution in [2.24, 2.45) is 5.92 Å². The number of amides is 1. The molecule has 0 heterocycles. The average molecular weight is 430 g/mol. The minimum absolute atomic E-state index is 0.0365. The number of carboxylic acids is 1. The average Bonchev–Trinajstić information content (AvgIpc) is 2.82. The molecule has 32 heavy (non-hydrogen) atoms. The number of carbonyl (C=O) groups is 2. The summed E-state index contributed by atoms with van der Waals surface area (Å²) in [5, 5.41) is 12.1. The van der Waals surface area contributed by atoms with Gasteiger partial charge in [0.2, 0.25) is 5.91 Å². The highest BCUT2D eigenvalue weighted by atomic mass is 16.5. The summed E-state index contributed by atoms with van der Waals surface area (Å²) in [7, 11) is 0. The van der Waals surface area contributed by atoms with E-state index in [2.05, 4.69) is 5.32 Å². The molecule has 0 radical (unpaired) electrons. The lowest BCUT2D eigenvalue weighted by atomic mass is 9.81. The van der Waals surface area contributed by atoms with E-state index >= 15 is 0 Å². The molecule has 3 aromatic rings. The smallest absolute Gasteiger partial charge is 0.341 e. The molecule has 164 valence electrons. The van der Waals surface area contributed by atoms with Gasteiger partial charge in [0.25, 0.3) is 0 Å². The Balaban J connectivity index is 1.43. The van der Waals surface area contributed by atoms with E-state index in [1.54, 1.807) is 0 Å². The van der Waals surface area contributed by atoms with Gasteiger partial charge in [-0.05, 0) is 53.5 Å². The number of rotatable bonds is 8. The molecular formula is C27H27NO4. The molecule has 0 aliphatic heterocycles. The second-order valence-corrected chi connectivity index (χ2v) is 8.21. The number of fused-ring (bicyclic) bond motifs is 1. The molecule has 0 bridgehead atoms. The standard InChI is InChI=1S/C27H27NO4/c29-25(28-27(20-8-3-1-4-9-20)21-10-5-2-6-11-21)17-19-14-15-23-22(16-19)12-7-13-24(23)32-18-26(30)31/h1-13,19,27H,14-18H2,(H,28,29)(H,30,31). The summed E-state index contributed by atoms with van der Waals surface area (Å²) < 4.78 is 5.45. The van der Waals surface area contributed by atoms with Crippen LogP contribution < -0.4 is 10.1 Å². The maximum atomic E-state index is 13.0. The van der Waals surface area contributed by atoms with Crippen molar-refractivity contribution in [3.8, 4) is 5.75 Å². The lowest BCUT2D eigenvalue weighted by Crippen LogP contribution is -2.32. The van der Waals surface area contributed by atoms with Gasteiger partial charge >= 0.3 is 5.97 Å². The van der Waals surface area contributed by atoms with E-state index in [-0.39, 0.29) is 24.5 Å². The first-order chi connectivity index (χ1) is 15.6. The van der Waals surface area contributed by atoms with Crippen LogP contribution in [0.15, 0.2) is 78.9 Å². The summed E-state index contributed by atoms with van der Waals surface area (Å²) in [6.45, 7) is -0.345. The van der Waals surface area contributed by atoms with E-state index in [0.717, 1.165) is 41.5 Å². The highest BCUT2D eigenvalue weighted by Crippen LogP contribution is 2.34. The number of carbonyl (C=O) groups excluding carboxylic acids is 1. The van der Waals surface area contributed by atoms with Crippen LogP contribution in [0.25, 0.3) is 0 Å². The van der Waals surface area contributed by atoms with Gasteiger partial charge in [-0.1, -0.05) is 72.8 Å². The summed E-state index contributed by atoms with van der Waals surface area (Å²) >= 11 is 0. The zero-order valence-corrected chi connectivity index (χ0v) is 17.9. The molecule has 1 amide bonds. The lowest BCUT2D eigenvalue weighted by molar-refractivity contribution is -0.139. The molecule has 1 aliphatic carbocycles. The number of nitrogens with one attached hydrogen (secondary N) is 1. The molecule has 0 aromatic heterocycles. The van der Waals surface area contributed by atoms with Crippen molar-refractivity contribution in [2.45, 2.75) is 31.7 Å². The SMILES string of the molecule is O=C(O)COc1cccc2c1CCC(CC(=O)NC(c1ccccc1)c1ccccc1)C2. The molecule has 2 N–H and O–H groups in total. The van der Waals surface area contributed by atoms with Crippen molar-refractivity contribution in [2.75, 3.05) is 6.61 Å². The fraction of sp³-hybridized carbons (Fsp3) is 0.259. The second kappa shape index (κ2) is 10.1. The van der Waals surface area contributed by atoms with Gasteiger partial charge in [-0.25, -0.2) is 4.79 Å². The normalized spacial score (nSPS) is 15.1. The van der Waals surface area contributed by atoms with Gasteiger partial charge in [-0.2, -0.15) is 0 Å². The fourth-order valence-corrected chi connectivity index (χ4v) is 4.43.